The van der Waals surface area contributed by atoms with Crippen molar-refractivity contribution in [3.8, 4) is 0 Å². The minimum atomic E-state index is -0.346. The summed E-state index contributed by atoms with van der Waals surface area (Å²) in [7, 11) is 0. The molecular weight excluding hydrogens is 183 g/mol. The van der Waals surface area contributed by atoms with Gasteiger partial charge in [0.2, 0.25) is 5.91 Å². The standard InChI is InChI=1S/C10H11FN2O/c1-2-7-10(14)13-9-5-6(11)3-4-8(9)12-7/h3-5,7,12H,2H2,1H3,(H,13,14)/t7-/m0/s1. The predicted octanol–water partition coefficient (Wildman–Crippen LogP) is 1.97. The highest BCUT2D eigenvalue weighted by Gasteiger charge is 2.23. The van der Waals surface area contributed by atoms with Crippen molar-refractivity contribution in [1.29, 1.82) is 0 Å². The molecule has 1 aliphatic rings. The Labute approximate surface area is 81.3 Å². The van der Waals surface area contributed by atoms with E-state index in [0.717, 1.165) is 5.69 Å². The Hall–Kier alpha value is -1.58. The monoisotopic (exact) mass is 194 g/mol. The molecule has 0 bridgehead atoms. The molecule has 74 valence electrons. The van der Waals surface area contributed by atoms with Crippen molar-refractivity contribution < 1.29 is 9.18 Å². The maximum atomic E-state index is 12.8. The average Bonchev–Trinajstić information content (AvgIpc) is 2.16. The van der Waals surface area contributed by atoms with E-state index in [2.05, 4.69) is 10.6 Å². The van der Waals surface area contributed by atoms with Crippen LogP contribution in [0.4, 0.5) is 15.8 Å². The summed E-state index contributed by atoms with van der Waals surface area (Å²) in [6, 6.07) is 4.10. The van der Waals surface area contributed by atoms with Crippen LogP contribution < -0.4 is 10.6 Å². The van der Waals surface area contributed by atoms with Gasteiger partial charge in [-0.05, 0) is 24.6 Å². The molecule has 1 atom stereocenters. The lowest BCUT2D eigenvalue weighted by atomic mass is 10.1. The maximum Gasteiger partial charge on any atom is 0.246 e. The van der Waals surface area contributed by atoms with Crippen LogP contribution in [0.2, 0.25) is 0 Å². The van der Waals surface area contributed by atoms with Gasteiger partial charge >= 0.3 is 0 Å². The highest BCUT2D eigenvalue weighted by Crippen LogP contribution is 2.27. The Bertz CT molecular complexity index is 378. The Morgan fingerprint density at radius 3 is 2.93 bits per heavy atom. The van der Waals surface area contributed by atoms with Gasteiger partial charge in [0.15, 0.2) is 0 Å². The minimum absolute atomic E-state index is 0.106. The smallest absolute Gasteiger partial charge is 0.246 e. The third-order valence-corrected chi connectivity index (χ3v) is 2.29. The fraction of sp³-hybridized carbons (Fsp3) is 0.300. The zero-order chi connectivity index (χ0) is 10.1. The van der Waals surface area contributed by atoms with E-state index in [9.17, 15) is 9.18 Å². The number of amides is 1. The number of halogens is 1. The van der Waals surface area contributed by atoms with Crippen LogP contribution in [0.1, 0.15) is 13.3 Å². The zero-order valence-electron chi connectivity index (χ0n) is 7.80. The fourth-order valence-corrected chi connectivity index (χ4v) is 1.51. The molecule has 0 saturated carbocycles. The molecule has 0 saturated heterocycles. The molecule has 3 nitrogen and oxygen atoms in total. The number of nitrogens with one attached hydrogen (secondary N) is 2. The molecule has 0 fully saturated rings. The fourth-order valence-electron chi connectivity index (χ4n) is 1.51. The first kappa shape index (κ1) is 8.99. The first-order valence-corrected chi connectivity index (χ1v) is 4.57. The van der Waals surface area contributed by atoms with E-state index < -0.39 is 0 Å². The number of hydrogen-bond donors (Lipinski definition) is 2. The summed E-state index contributed by atoms with van der Waals surface area (Å²) in [6.45, 7) is 1.92. The number of rotatable bonds is 1. The van der Waals surface area contributed by atoms with Crippen LogP contribution in [0.3, 0.4) is 0 Å². The quantitative estimate of drug-likeness (QED) is 0.717. The molecule has 0 unspecified atom stereocenters. The van der Waals surface area contributed by atoms with Crippen LogP contribution in [0.15, 0.2) is 18.2 Å². The first-order valence-electron chi connectivity index (χ1n) is 4.57. The highest BCUT2D eigenvalue weighted by atomic mass is 19.1. The van der Waals surface area contributed by atoms with Crippen molar-refractivity contribution in [3.63, 3.8) is 0 Å². The molecule has 1 aromatic rings. The van der Waals surface area contributed by atoms with Crippen LogP contribution in [0.5, 0.6) is 0 Å². The van der Waals surface area contributed by atoms with Crippen molar-refractivity contribution in [1.82, 2.24) is 0 Å². The van der Waals surface area contributed by atoms with E-state index in [-0.39, 0.29) is 17.8 Å². The average molecular weight is 194 g/mol. The Morgan fingerprint density at radius 2 is 2.21 bits per heavy atom. The van der Waals surface area contributed by atoms with E-state index >= 15 is 0 Å². The lowest BCUT2D eigenvalue weighted by Crippen LogP contribution is -2.38. The van der Waals surface area contributed by atoms with Gasteiger partial charge in [-0.2, -0.15) is 0 Å². The second-order valence-electron chi connectivity index (χ2n) is 3.28. The van der Waals surface area contributed by atoms with Crippen LogP contribution in [0.25, 0.3) is 0 Å². The predicted molar refractivity (Wildman–Crippen MR) is 52.7 cm³/mol. The number of carbonyl (C=O) groups is 1. The molecule has 2 rings (SSSR count). The second kappa shape index (κ2) is 3.29. The Morgan fingerprint density at radius 1 is 1.43 bits per heavy atom. The van der Waals surface area contributed by atoms with Gasteiger partial charge in [-0.3, -0.25) is 4.79 Å². The molecular formula is C10H11FN2O. The number of benzene rings is 1. The van der Waals surface area contributed by atoms with Gasteiger partial charge in [0, 0.05) is 0 Å². The minimum Gasteiger partial charge on any atom is -0.372 e. The third kappa shape index (κ3) is 1.43. The molecule has 0 aromatic heterocycles. The second-order valence-corrected chi connectivity index (χ2v) is 3.28. The largest absolute Gasteiger partial charge is 0.372 e. The summed E-state index contributed by atoms with van der Waals surface area (Å²) >= 11 is 0. The van der Waals surface area contributed by atoms with Gasteiger partial charge in [-0.15, -0.1) is 0 Å². The lowest BCUT2D eigenvalue weighted by molar-refractivity contribution is -0.117. The molecule has 1 heterocycles. The van der Waals surface area contributed by atoms with Crippen LogP contribution in [-0.2, 0) is 4.79 Å². The SMILES string of the molecule is CC[C@@H]1Nc2ccc(F)cc2NC1=O. The Kier molecular flexibility index (Phi) is 2.11. The topological polar surface area (TPSA) is 41.1 Å². The molecule has 0 aliphatic carbocycles. The summed E-state index contributed by atoms with van der Waals surface area (Å²) in [4.78, 5) is 11.4. The van der Waals surface area contributed by atoms with Gasteiger partial charge in [-0.1, -0.05) is 6.92 Å². The van der Waals surface area contributed by atoms with Gasteiger partial charge in [0.25, 0.3) is 0 Å². The van der Waals surface area contributed by atoms with Crippen molar-refractivity contribution in [2.75, 3.05) is 10.6 Å². The van der Waals surface area contributed by atoms with Crippen molar-refractivity contribution in [2.24, 2.45) is 0 Å². The van der Waals surface area contributed by atoms with Crippen LogP contribution >= 0.6 is 0 Å². The summed E-state index contributed by atoms with van der Waals surface area (Å²) in [5.41, 5.74) is 1.29. The molecule has 0 radical (unpaired) electrons. The summed E-state index contributed by atoms with van der Waals surface area (Å²) in [6.07, 6.45) is 0.711. The van der Waals surface area contributed by atoms with Gasteiger partial charge in [0.05, 0.1) is 11.4 Å². The van der Waals surface area contributed by atoms with E-state index in [1.807, 2.05) is 6.92 Å². The zero-order valence-corrected chi connectivity index (χ0v) is 7.80. The molecule has 1 aliphatic heterocycles. The first-order chi connectivity index (χ1) is 6.70. The number of hydrogen-bond acceptors (Lipinski definition) is 2. The van der Waals surface area contributed by atoms with Crippen molar-refractivity contribution in [3.05, 3.63) is 24.0 Å². The van der Waals surface area contributed by atoms with E-state index in [1.54, 1.807) is 6.07 Å². The molecule has 14 heavy (non-hydrogen) atoms. The normalized spacial score (nSPS) is 19.6. The van der Waals surface area contributed by atoms with Gasteiger partial charge in [0.1, 0.15) is 11.9 Å². The Balaban J connectivity index is 2.35. The van der Waals surface area contributed by atoms with Crippen molar-refractivity contribution in [2.45, 2.75) is 19.4 Å². The third-order valence-electron chi connectivity index (χ3n) is 2.29. The molecule has 1 amide bonds. The van der Waals surface area contributed by atoms with Crippen molar-refractivity contribution >= 4 is 17.3 Å². The van der Waals surface area contributed by atoms with Gasteiger partial charge < -0.3 is 10.6 Å². The summed E-state index contributed by atoms with van der Waals surface area (Å²) < 4.78 is 12.8. The van der Waals surface area contributed by atoms with E-state index in [1.165, 1.54) is 12.1 Å². The maximum absolute atomic E-state index is 12.8. The molecule has 2 N–H and O–H groups in total. The summed E-state index contributed by atoms with van der Waals surface area (Å²) in [5.74, 6) is -0.452. The van der Waals surface area contributed by atoms with Gasteiger partial charge in [-0.25, -0.2) is 4.39 Å². The number of fused-ring (bicyclic) bond motifs is 1. The van der Waals surface area contributed by atoms with Crippen LogP contribution in [-0.4, -0.2) is 11.9 Å². The number of carbonyl (C=O) groups excluding carboxylic acids is 1. The molecule has 1 aromatic carbocycles. The molecule has 4 heteroatoms. The van der Waals surface area contributed by atoms with E-state index in [0.29, 0.717) is 12.1 Å². The highest BCUT2D eigenvalue weighted by molar-refractivity contribution is 6.02. The number of anilines is 2. The lowest BCUT2D eigenvalue weighted by Gasteiger charge is -2.25. The summed E-state index contributed by atoms with van der Waals surface area (Å²) in [5, 5.41) is 5.71. The van der Waals surface area contributed by atoms with Crippen LogP contribution in [0, 0.1) is 5.82 Å². The van der Waals surface area contributed by atoms with E-state index in [4.69, 9.17) is 0 Å². The molecule has 0 spiro atoms.